The number of rotatable bonds is 4. The van der Waals surface area contributed by atoms with Crippen LogP contribution in [-0.2, 0) is 17.7 Å². The van der Waals surface area contributed by atoms with E-state index in [1.54, 1.807) is 14.2 Å². The molecule has 162 valence electrons. The average molecular weight is 515 g/mol. The van der Waals surface area contributed by atoms with Crippen molar-refractivity contribution in [3.63, 3.8) is 0 Å². The molecule has 1 aromatic carbocycles. The van der Waals surface area contributed by atoms with Crippen molar-refractivity contribution in [3.8, 4) is 11.5 Å². The Hall–Kier alpha value is -1.22. The Kier molecular flexibility index (Phi) is 6.88. The van der Waals surface area contributed by atoms with E-state index in [4.69, 9.17) is 19.2 Å². The van der Waals surface area contributed by atoms with E-state index in [1.165, 1.54) is 11.1 Å². The van der Waals surface area contributed by atoms with Crippen molar-refractivity contribution in [1.82, 2.24) is 10.2 Å². The van der Waals surface area contributed by atoms with Gasteiger partial charge in [-0.2, -0.15) is 0 Å². The standard InChI is InChI=1S/C22H33N3O3.HI/c1-6-23-21(24-19-16-8-10-28-20(16)22(19,2)3)25-9-7-14-11-17(26-4)18(27-5)12-15(14)13-25;/h11-12,16,19-20H,6-10,13H2,1-5H3,(H,23,24);1H. The zero-order valence-electron chi connectivity index (χ0n) is 18.2. The van der Waals surface area contributed by atoms with Crippen LogP contribution in [0.4, 0.5) is 0 Å². The molecular weight excluding hydrogens is 481 g/mol. The van der Waals surface area contributed by atoms with Gasteiger partial charge in [0.05, 0.1) is 20.3 Å². The van der Waals surface area contributed by atoms with Crippen LogP contribution in [0.1, 0.15) is 38.3 Å². The van der Waals surface area contributed by atoms with Gasteiger partial charge in [-0.05, 0) is 43.0 Å². The number of fused-ring (bicyclic) bond motifs is 2. The summed E-state index contributed by atoms with van der Waals surface area (Å²) in [4.78, 5) is 7.21. The highest BCUT2D eigenvalue weighted by molar-refractivity contribution is 14.0. The predicted molar refractivity (Wildman–Crippen MR) is 126 cm³/mol. The van der Waals surface area contributed by atoms with E-state index in [-0.39, 0.29) is 29.4 Å². The highest BCUT2D eigenvalue weighted by atomic mass is 127. The van der Waals surface area contributed by atoms with E-state index in [9.17, 15) is 0 Å². The molecule has 3 atom stereocenters. The van der Waals surface area contributed by atoms with Gasteiger partial charge in [-0.25, -0.2) is 0 Å². The largest absolute Gasteiger partial charge is 0.493 e. The number of hydrogen-bond acceptors (Lipinski definition) is 4. The Labute approximate surface area is 191 Å². The van der Waals surface area contributed by atoms with Gasteiger partial charge in [0.1, 0.15) is 0 Å². The summed E-state index contributed by atoms with van der Waals surface area (Å²) in [7, 11) is 3.38. The SMILES string of the molecule is CCN=C(NC1C2CCOC2C1(C)C)N1CCc2cc(OC)c(OC)cc2C1.I. The van der Waals surface area contributed by atoms with Gasteiger partial charge in [-0.15, -0.1) is 24.0 Å². The lowest BCUT2D eigenvalue weighted by atomic mass is 9.57. The van der Waals surface area contributed by atoms with Crippen LogP contribution in [0.15, 0.2) is 17.1 Å². The minimum absolute atomic E-state index is 0. The molecule has 0 radical (unpaired) electrons. The number of methoxy groups -OCH3 is 2. The van der Waals surface area contributed by atoms with Gasteiger partial charge in [-0.1, -0.05) is 13.8 Å². The summed E-state index contributed by atoms with van der Waals surface area (Å²) >= 11 is 0. The first-order valence-electron chi connectivity index (χ1n) is 10.4. The Morgan fingerprint density at radius 2 is 1.93 bits per heavy atom. The van der Waals surface area contributed by atoms with Crippen molar-refractivity contribution in [2.24, 2.45) is 16.3 Å². The summed E-state index contributed by atoms with van der Waals surface area (Å²) in [5, 5.41) is 3.81. The third-order valence-corrected chi connectivity index (χ3v) is 6.71. The number of nitrogens with one attached hydrogen (secondary N) is 1. The van der Waals surface area contributed by atoms with Crippen LogP contribution in [0.3, 0.4) is 0 Å². The number of nitrogens with zero attached hydrogens (tertiary/aromatic N) is 2. The van der Waals surface area contributed by atoms with Crippen LogP contribution in [0, 0.1) is 11.3 Å². The highest BCUT2D eigenvalue weighted by Crippen LogP contribution is 2.52. The Bertz CT molecular complexity index is 768. The van der Waals surface area contributed by atoms with Crippen molar-refractivity contribution in [1.29, 1.82) is 0 Å². The lowest BCUT2D eigenvalue weighted by Gasteiger charge is -2.55. The predicted octanol–water partition coefficient (Wildman–Crippen LogP) is 3.46. The molecule has 2 aliphatic heterocycles. The number of benzene rings is 1. The van der Waals surface area contributed by atoms with E-state index in [2.05, 4.69) is 43.1 Å². The normalized spacial score (nSPS) is 27.3. The molecule has 3 unspecified atom stereocenters. The maximum absolute atomic E-state index is 5.96. The zero-order valence-corrected chi connectivity index (χ0v) is 20.5. The van der Waals surface area contributed by atoms with Gasteiger partial charge in [0.25, 0.3) is 0 Å². The average Bonchev–Trinajstić information content (AvgIpc) is 3.16. The van der Waals surface area contributed by atoms with Crippen molar-refractivity contribution in [2.45, 2.75) is 52.3 Å². The van der Waals surface area contributed by atoms with Gasteiger partial charge < -0.3 is 24.4 Å². The fourth-order valence-electron chi connectivity index (χ4n) is 5.21. The molecule has 0 aromatic heterocycles. The topological polar surface area (TPSA) is 55.3 Å². The van der Waals surface area contributed by atoms with Gasteiger partial charge in [0.15, 0.2) is 17.5 Å². The van der Waals surface area contributed by atoms with E-state index in [0.717, 1.165) is 56.5 Å². The molecule has 1 N–H and O–H groups in total. The Balaban J connectivity index is 0.00000240. The van der Waals surface area contributed by atoms with Crippen LogP contribution >= 0.6 is 24.0 Å². The first-order valence-corrected chi connectivity index (χ1v) is 10.4. The fourth-order valence-corrected chi connectivity index (χ4v) is 5.21. The Morgan fingerprint density at radius 1 is 1.24 bits per heavy atom. The molecule has 1 aliphatic carbocycles. The molecule has 7 heteroatoms. The van der Waals surface area contributed by atoms with E-state index >= 15 is 0 Å². The molecule has 0 amide bonds. The smallest absolute Gasteiger partial charge is 0.194 e. The van der Waals surface area contributed by atoms with Gasteiger partial charge in [0.2, 0.25) is 0 Å². The first-order chi connectivity index (χ1) is 13.5. The van der Waals surface area contributed by atoms with Crippen LogP contribution in [0.25, 0.3) is 0 Å². The van der Waals surface area contributed by atoms with E-state index < -0.39 is 0 Å². The molecular formula is C22H34IN3O3. The number of ether oxygens (including phenoxy) is 3. The minimum Gasteiger partial charge on any atom is -0.493 e. The van der Waals surface area contributed by atoms with Crippen molar-refractivity contribution in [2.75, 3.05) is 33.9 Å². The molecule has 6 nitrogen and oxygen atoms in total. The zero-order chi connectivity index (χ0) is 19.9. The Morgan fingerprint density at radius 3 is 2.59 bits per heavy atom. The molecule has 2 heterocycles. The van der Waals surface area contributed by atoms with Gasteiger partial charge in [0, 0.05) is 43.6 Å². The third-order valence-electron chi connectivity index (χ3n) is 6.71. The second-order valence-electron chi connectivity index (χ2n) is 8.63. The van der Waals surface area contributed by atoms with Crippen LogP contribution in [0.5, 0.6) is 11.5 Å². The molecule has 0 spiro atoms. The second-order valence-corrected chi connectivity index (χ2v) is 8.63. The molecule has 2 fully saturated rings. The lowest BCUT2D eigenvalue weighted by molar-refractivity contribution is -0.107. The summed E-state index contributed by atoms with van der Waals surface area (Å²) in [6.45, 7) is 10.2. The lowest BCUT2D eigenvalue weighted by Crippen LogP contribution is -2.68. The fraction of sp³-hybridized carbons (Fsp3) is 0.682. The molecule has 1 aromatic rings. The molecule has 1 saturated heterocycles. The third kappa shape index (κ3) is 3.92. The molecule has 1 saturated carbocycles. The van der Waals surface area contributed by atoms with E-state index in [1.807, 2.05) is 0 Å². The monoisotopic (exact) mass is 515 g/mol. The van der Waals surface area contributed by atoms with Crippen molar-refractivity contribution < 1.29 is 14.2 Å². The quantitative estimate of drug-likeness (QED) is 0.378. The van der Waals surface area contributed by atoms with Crippen LogP contribution < -0.4 is 14.8 Å². The minimum atomic E-state index is 0. The molecule has 4 rings (SSSR count). The summed E-state index contributed by atoms with van der Waals surface area (Å²) < 4.78 is 16.9. The maximum atomic E-state index is 5.96. The summed E-state index contributed by atoms with van der Waals surface area (Å²) in [6, 6.07) is 4.64. The number of hydrogen-bond donors (Lipinski definition) is 1. The maximum Gasteiger partial charge on any atom is 0.194 e. The van der Waals surface area contributed by atoms with Gasteiger partial charge in [-0.3, -0.25) is 4.99 Å². The van der Waals surface area contributed by atoms with Crippen LogP contribution in [-0.4, -0.2) is 56.9 Å². The number of aliphatic imine (C=N–C) groups is 1. The number of guanidine groups is 1. The summed E-state index contributed by atoms with van der Waals surface area (Å²) in [6.07, 6.45) is 2.50. The molecule has 0 bridgehead atoms. The number of halogens is 1. The molecule has 29 heavy (non-hydrogen) atoms. The molecule has 3 aliphatic rings. The van der Waals surface area contributed by atoms with E-state index in [0.29, 0.717) is 18.1 Å². The summed E-state index contributed by atoms with van der Waals surface area (Å²) in [5.74, 6) is 3.21. The highest BCUT2D eigenvalue weighted by Gasteiger charge is 2.59. The summed E-state index contributed by atoms with van der Waals surface area (Å²) in [5.41, 5.74) is 2.75. The van der Waals surface area contributed by atoms with Crippen molar-refractivity contribution >= 4 is 29.9 Å². The second kappa shape index (κ2) is 8.88. The van der Waals surface area contributed by atoms with Crippen LogP contribution in [0.2, 0.25) is 0 Å². The first kappa shape index (κ1) is 22.5. The van der Waals surface area contributed by atoms with Gasteiger partial charge >= 0.3 is 0 Å². The van der Waals surface area contributed by atoms with Crippen molar-refractivity contribution in [3.05, 3.63) is 23.3 Å².